The summed E-state index contributed by atoms with van der Waals surface area (Å²) in [5.41, 5.74) is 3.60. The third-order valence-corrected chi connectivity index (χ3v) is 4.04. The number of rotatable bonds is 4. The second kappa shape index (κ2) is 6.44. The van der Waals surface area contributed by atoms with Crippen molar-refractivity contribution < 1.29 is 4.74 Å². The van der Waals surface area contributed by atoms with E-state index in [1.807, 2.05) is 18.2 Å². The second-order valence-corrected chi connectivity index (χ2v) is 5.96. The van der Waals surface area contributed by atoms with Gasteiger partial charge in [-0.2, -0.15) is 0 Å². The summed E-state index contributed by atoms with van der Waals surface area (Å²) in [6, 6.07) is 14.3. The van der Waals surface area contributed by atoms with Gasteiger partial charge in [0.05, 0.1) is 12.5 Å². The van der Waals surface area contributed by atoms with Gasteiger partial charge in [-0.1, -0.05) is 34.1 Å². The van der Waals surface area contributed by atoms with Crippen LogP contribution in [0.5, 0.6) is 5.75 Å². The van der Waals surface area contributed by atoms with Crippen LogP contribution in [0.4, 0.5) is 0 Å². The fourth-order valence-electron chi connectivity index (χ4n) is 2.03. The van der Waals surface area contributed by atoms with Crippen molar-refractivity contribution in [3.63, 3.8) is 0 Å². The monoisotopic (exact) mass is 338 g/mol. The largest absolute Gasteiger partial charge is 0.497 e. The van der Waals surface area contributed by atoms with E-state index in [2.05, 4.69) is 47.1 Å². The minimum atomic E-state index is -0.0223. The van der Waals surface area contributed by atoms with Crippen molar-refractivity contribution in [1.82, 2.24) is 0 Å². The van der Waals surface area contributed by atoms with E-state index in [0.717, 1.165) is 16.6 Å². The summed E-state index contributed by atoms with van der Waals surface area (Å²) in [6.07, 6.45) is 0.808. The highest BCUT2D eigenvalue weighted by atomic mass is 79.9. The van der Waals surface area contributed by atoms with E-state index in [1.54, 1.807) is 7.11 Å². The highest BCUT2D eigenvalue weighted by Crippen LogP contribution is 2.30. The Morgan fingerprint density at radius 1 is 1.16 bits per heavy atom. The number of halogens is 2. The Balaban J connectivity index is 2.15. The first-order valence-corrected chi connectivity index (χ1v) is 7.36. The Morgan fingerprint density at radius 3 is 2.47 bits per heavy atom. The predicted molar refractivity (Wildman–Crippen MR) is 84.2 cm³/mol. The number of ether oxygens (including phenoxy) is 1. The van der Waals surface area contributed by atoms with Gasteiger partial charge in [-0.05, 0) is 54.3 Å². The highest BCUT2D eigenvalue weighted by Gasteiger charge is 2.12. The highest BCUT2D eigenvalue weighted by molar-refractivity contribution is 9.10. The molecule has 1 unspecified atom stereocenters. The quantitative estimate of drug-likeness (QED) is 0.688. The minimum absolute atomic E-state index is 0.0223. The maximum atomic E-state index is 6.54. The van der Waals surface area contributed by atoms with Crippen LogP contribution in [0.25, 0.3) is 0 Å². The molecule has 0 aromatic heterocycles. The number of aryl methyl sites for hydroxylation is 1. The lowest BCUT2D eigenvalue weighted by atomic mass is 10.00. The zero-order valence-corrected chi connectivity index (χ0v) is 13.3. The molecule has 0 fully saturated rings. The zero-order valence-electron chi connectivity index (χ0n) is 11.0. The molecule has 0 amide bonds. The number of alkyl halides is 1. The SMILES string of the molecule is COc1ccc(CC(Cl)c2cc(Br)ccc2C)cc1. The Morgan fingerprint density at radius 2 is 1.84 bits per heavy atom. The van der Waals surface area contributed by atoms with E-state index < -0.39 is 0 Å². The summed E-state index contributed by atoms with van der Waals surface area (Å²) in [5, 5.41) is -0.0223. The van der Waals surface area contributed by atoms with Gasteiger partial charge in [-0.15, -0.1) is 11.6 Å². The molecule has 0 saturated carbocycles. The Labute approximate surface area is 127 Å². The fraction of sp³-hybridized carbons (Fsp3) is 0.250. The normalized spacial score (nSPS) is 12.2. The lowest BCUT2D eigenvalue weighted by Gasteiger charge is -2.13. The van der Waals surface area contributed by atoms with Crippen LogP contribution in [0, 0.1) is 6.92 Å². The van der Waals surface area contributed by atoms with Gasteiger partial charge in [0, 0.05) is 4.47 Å². The van der Waals surface area contributed by atoms with Crippen molar-refractivity contribution in [3.8, 4) is 5.75 Å². The van der Waals surface area contributed by atoms with Gasteiger partial charge in [-0.25, -0.2) is 0 Å². The zero-order chi connectivity index (χ0) is 13.8. The van der Waals surface area contributed by atoms with Gasteiger partial charge < -0.3 is 4.74 Å². The lowest BCUT2D eigenvalue weighted by molar-refractivity contribution is 0.414. The Bertz CT molecular complexity index is 551. The van der Waals surface area contributed by atoms with Crippen molar-refractivity contribution in [2.45, 2.75) is 18.7 Å². The average Bonchev–Trinajstić information content (AvgIpc) is 2.42. The molecule has 0 aliphatic carbocycles. The number of benzene rings is 2. The molecular weight excluding hydrogens is 324 g/mol. The molecule has 1 atom stereocenters. The van der Waals surface area contributed by atoms with E-state index in [9.17, 15) is 0 Å². The fourth-order valence-corrected chi connectivity index (χ4v) is 2.82. The van der Waals surface area contributed by atoms with Crippen molar-refractivity contribution in [2.75, 3.05) is 7.11 Å². The van der Waals surface area contributed by atoms with Crippen molar-refractivity contribution in [1.29, 1.82) is 0 Å². The summed E-state index contributed by atoms with van der Waals surface area (Å²) in [7, 11) is 1.67. The van der Waals surface area contributed by atoms with Gasteiger partial charge in [0.2, 0.25) is 0 Å². The molecular formula is C16H16BrClO. The summed E-state index contributed by atoms with van der Waals surface area (Å²) in [4.78, 5) is 0. The number of methoxy groups -OCH3 is 1. The molecule has 0 aliphatic heterocycles. The van der Waals surface area contributed by atoms with Crippen LogP contribution in [-0.4, -0.2) is 7.11 Å². The van der Waals surface area contributed by atoms with Crippen LogP contribution < -0.4 is 4.74 Å². The maximum Gasteiger partial charge on any atom is 0.118 e. The molecule has 0 spiro atoms. The molecule has 2 aromatic rings. The van der Waals surface area contributed by atoms with Crippen LogP contribution in [0.2, 0.25) is 0 Å². The minimum Gasteiger partial charge on any atom is -0.497 e. The maximum absolute atomic E-state index is 6.54. The Hall–Kier alpha value is -0.990. The standard InChI is InChI=1S/C16H16BrClO/c1-11-3-6-13(17)10-15(11)16(18)9-12-4-7-14(19-2)8-5-12/h3-8,10,16H,9H2,1-2H3. The van der Waals surface area contributed by atoms with Crippen LogP contribution in [-0.2, 0) is 6.42 Å². The van der Waals surface area contributed by atoms with Gasteiger partial charge in [0.15, 0.2) is 0 Å². The second-order valence-electron chi connectivity index (χ2n) is 4.52. The third kappa shape index (κ3) is 3.74. The van der Waals surface area contributed by atoms with E-state index in [-0.39, 0.29) is 5.38 Å². The van der Waals surface area contributed by atoms with Crippen molar-refractivity contribution in [3.05, 3.63) is 63.6 Å². The lowest BCUT2D eigenvalue weighted by Crippen LogP contribution is -1.98. The molecule has 0 bridgehead atoms. The van der Waals surface area contributed by atoms with Gasteiger partial charge in [-0.3, -0.25) is 0 Å². The van der Waals surface area contributed by atoms with Crippen molar-refractivity contribution >= 4 is 27.5 Å². The van der Waals surface area contributed by atoms with Crippen LogP contribution in [0.3, 0.4) is 0 Å². The van der Waals surface area contributed by atoms with E-state index in [0.29, 0.717) is 0 Å². The topological polar surface area (TPSA) is 9.23 Å². The van der Waals surface area contributed by atoms with Crippen LogP contribution >= 0.6 is 27.5 Å². The van der Waals surface area contributed by atoms with E-state index in [4.69, 9.17) is 16.3 Å². The number of hydrogen-bond donors (Lipinski definition) is 0. The predicted octanol–water partition coefficient (Wildman–Crippen LogP) is 5.29. The van der Waals surface area contributed by atoms with Crippen molar-refractivity contribution in [2.24, 2.45) is 0 Å². The molecule has 0 N–H and O–H groups in total. The first-order chi connectivity index (χ1) is 9.10. The Kier molecular flexibility index (Phi) is 4.89. The van der Waals surface area contributed by atoms with Crippen LogP contribution in [0.1, 0.15) is 22.1 Å². The van der Waals surface area contributed by atoms with Gasteiger partial charge in [0.25, 0.3) is 0 Å². The molecule has 0 saturated heterocycles. The molecule has 1 nitrogen and oxygen atoms in total. The molecule has 0 aliphatic rings. The molecule has 0 radical (unpaired) electrons. The summed E-state index contributed by atoms with van der Waals surface area (Å²) in [5.74, 6) is 0.869. The van der Waals surface area contributed by atoms with Gasteiger partial charge >= 0.3 is 0 Å². The molecule has 3 heteroatoms. The molecule has 2 rings (SSSR count). The molecule has 2 aromatic carbocycles. The summed E-state index contributed by atoms with van der Waals surface area (Å²) < 4.78 is 6.22. The first kappa shape index (κ1) is 14.4. The summed E-state index contributed by atoms with van der Waals surface area (Å²) >= 11 is 10.0. The van der Waals surface area contributed by atoms with E-state index in [1.165, 1.54) is 16.7 Å². The van der Waals surface area contributed by atoms with Crippen LogP contribution in [0.15, 0.2) is 46.9 Å². The molecule has 0 heterocycles. The number of hydrogen-bond acceptors (Lipinski definition) is 1. The smallest absolute Gasteiger partial charge is 0.118 e. The van der Waals surface area contributed by atoms with E-state index >= 15 is 0 Å². The average molecular weight is 340 g/mol. The first-order valence-electron chi connectivity index (χ1n) is 6.13. The van der Waals surface area contributed by atoms with Gasteiger partial charge in [0.1, 0.15) is 5.75 Å². The third-order valence-electron chi connectivity index (χ3n) is 3.15. The molecule has 100 valence electrons. The summed E-state index contributed by atoms with van der Waals surface area (Å²) in [6.45, 7) is 2.09. The molecule has 19 heavy (non-hydrogen) atoms.